The second-order valence-electron chi connectivity index (χ2n) is 4.91. The molecule has 0 amide bonds. The monoisotopic (exact) mass is 277 g/mol. The minimum absolute atomic E-state index is 0.781. The lowest BCUT2D eigenvalue weighted by molar-refractivity contribution is 0.412. The summed E-state index contributed by atoms with van der Waals surface area (Å²) in [6.45, 7) is 2.88. The quantitative estimate of drug-likeness (QED) is 0.876. The summed E-state index contributed by atoms with van der Waals surface area (Å²) >= 11 is 5.92. The van der Waals surface area contributed by atoms with Gasteiger partial charge in [0.1, 0.15) is 5.82 Å². The van der Waals surface area contributed by atoms with E-state index in [-0.39, 0.29) is 0 Å². The Hall–Kier alpha value is -1.45. The van der Waals surface area contributed by atoms with Crippen molar-refractivity contribution in [3.05, 3.63) is 53.2 Å². The first-order chi connectivity index (χ1) is 9.15. The third-order valence-corrected chi connectivity index (χ3v) is 3.28. The lowest BCUT2D eigenvalue weighted by Crippen LogP contribution is -2.31. The summed E-state index contributed by atoms with van der Waals surface area (Å²) in [4.78, 5) is 7.80. The molecule has 0 spiro atoms. The minimum Gasteiger partial charge on any atom is -0.353 e. The first-order valence-corrected chi connectivity index (χ1v) is 6.80. The summed E-state index contributed by atoms with van der Waals surface area (Å²) in [5.74, 6) is 1.15. The first kappa shape index (κ1) is 14.0. The van der Waals surface area contributed by atoms with Crippen LogP contribution in [-0.4, -0.2) is 37.1 Å². The molecule has 2 rings (SSSR count). The van der Waals surface area contributed by atoms with Crippen molar-refractivity contribution in [3.8, 4) is 0 Å². The average molecular weight is 278 g/mol. The molecular formula is C15H20ClN3. The van der Waals surface area contributed by atoms with Gasteiger partial charge in [0.15, 0.2) is 0 Å². The van der Waals surface area contributed by atoms with Gasteiger partial charge in [-0.3, -0.25) is 0 Å². The molecule has 0 atom stereocenters. The molecule has 2 aromatic rings. The number of halogens is 1. The van der Waals surface area contributed by atoms with Crippen LogP contribution in [-0.2, 0) is 6.54 Å². The van der Waals surface area contributed by atoms with E-state index in [2.05, 4.69) is 47.1 Å². The Labute approximate surface area is 119 Å². The van der Waals surface area contributed by atoms with Crippen molar-refractivity contribution in [2.75, 3.05) is 32.1 Å². The molecule has 0 saturated carbocycles. The van der Waals surface area contributed by atoms with E-state index in [1.54, 1.807) is 0 Å². The molecule has 4 heteroatoms. The maximum absolute atomic E-state index is 5.92. The van der Waals surface area contributed by atoms with Crippen LogP contribution < -0.4 is 4.90 Å². The molecule has 0 saturated heterocycles. The van der Waals surface area contributed by atoms with Gasteiger partial charge in [0.2, 0.25) is 0 Å². The average Bonchev–Trinajstić information content (AvgIpc) is 2.90. The fourth-order valence-electron chi connectivity index (χ4n) is 1.93. The third-order valence-electron chi connectivity index (χ3n) is 3.03. The number of hydrogen-bond acceptors (Lipinski definition) is 2. The van der Waals surface area contributed by atoms with Crippen LogP contribution in [0.3, 0.4) is 0 Å². The SMILES string of the molecule is CN(C)CCN(Cc1ccc(Cl)cc1)c1ccc[nH]1. The summed E-state index contributed by atoms with van der Waals surface area (Å²) in [5, 5.41) is 0.781. The van der Waals surface area contributed by atoms with Crippen molar-refractivity contribution in [3.63, 3.8) is 0 Å². The maximum atomic E-state index is 5.92. The van der Waals surface area contributed by atoms with E-state index in [4.69, 9.17) is 11.6 Å². The fourth-order valence-corrected chi connectivity index (χ4v) is 2.06. The molecule has 3 nitrogen and oxygen atoms in total. The van der Waals surface area contributed by atoms with Crippen LogP contribution in [0, 0.1) is 0 Å². The Morgan fingerprint density at radius 1 is 1.05 bits per heavy atom. The highest BCUT2D eigenvalue weighted by Crippen LogP contribution is 2.16. The number of nitrogens with zero attached hydrogens (tertiary/aromatic N) is 2. The van der Waals surface area contributed by atoms with Gasteiger partial charge in [-0.1, -0.05) is 23.7 Å². The zero-order valence-electron chi connectivity index (χ0n) is 11.4. The zero-order valence-corrected chi connectivity index (χ0v) is 12.2. The summed E-state index contributed by atoms with van der Waals surface area (Å²) in [6, 6.07) is 12.2. The summed E-state index contributed by atoms with van der Waals surface area (Å²) in [5.41, 5.74) is 1.26. The van der Waals surface area contributed by atoms with Gasteiger partial charge in [-0.15, -0.1) is 0 Å². The first-order valence-electron chi connectivity index (χ1n) is 6.42. The van der Waals surface area contributed by atoms with Crippen molar-refractivity contribution >= 4 is 17.4 Å². The van der Waals surface area contributed by atoms with Gasteiger partial charge >= 0.3 is 0 Å². The van der Waals surface area contributed by atoms with Crippen molar-refractivity contribution in [2.24, 2.45) is 0 Å². The van der Waals surface area contributed by atoms with Crippen molar-refractivity contribution in [1.82, 2.24) is 9.88 Å². The van der Waals surface area contributed by atoms with Gasteiger partial charge in [-0.25, -0.2) is 0 Å². The normalized spacial score (nSPS) is 10.9. The van der Waals surface area contributed by atoms with Crippen LogP contribution in [0.5, 0.6) is 0 Å². The van der Waals surface area contributed by atoms with Crippen molar-refractivity contribution in [2.45, 2.75) is 6.54 Å². The molecule has 1 heterocycles. The van der Waals surface area contributed by atoms with Gasteiger partial charge < -0.3 is 14.8 Å². The largest absolute Gasteiger partial charge is 0.353 e. The Morgan fingerprint density at radius 3 is 2.37 bits per heavy atom. The third kappa shape index (κ3) is 4.30. The van der Waals surface area contributed by atoms with Crippen LogP contribution in [0.1, 0.15) is 5.56 Å². The van der Waals surface area contributed by atoms with Gasteiger partial charge in [0, 0.05) is 30.9 Å². The van der Waals surface area contributed by atoms with Crippen LogP contribution in [0.2, 0.25) is 5.02 Å². The standard InChI is InChI=1S/C15H20ClN3/c1-18(2)10-11-19(15-4-3-9-17-15)12-13-5-7-14(16)8-6-13/h3-9,17H,10-12H2,1-2H3. The van der Waals surface area contributed by atoms with Gasteiger partial charge in [-0.05, 0) is 43.9 Å². The summed E-state index contributed by atoms with van der Waals surface area (Å²) in [6.07, 6.45) is 1.96. The number of anilines is 1. The van der Waals surface area contributed by atoms with Gasteiger partial charge in [-0.2, -0.15) is 0 Å². The molecule has 1 N–H and O–H groups in total. The number of aromatic amines is 1. The Bertz CT molecular complexity index is 477. The van der Waals surface area contributed by atoms with Crippen LogP contribution >= 0.6 is 11.6 Å². The van der Waals surface area contributed by atoms with Gasteiger partial charge in [0.25, 0.3) is 0 Å². The van der Waals surface area contributed by atoms with Crippen LogP contribution in [0.4, 0.5) is 5.82 Å². The molecule has 0 radical (unpaired) electrons. The van der Waals surface area contributed by atoms with E-state index in [0.29, 0.717) is 0 Å². The highest BCUT2D eigenvalue weighted by Gasteiger charge is 2.08. The zero-order chi connectivity index (χ0) is 13.7. The van der Waals surface area contributed by atoms with E-state index < -0.39 is 0 Å². The molecule has 102 valence electrons. The van der Waals surface area contributed by atoms with E-state index in [9.17, 15) is 0 Å². The number of H-pyrrole nitrogens is 1. The Kier molecular flexibility index (Phi) is 4.88. The molecule has 0 fully saturated rings. The molecule has 0 bridgehead atoms. The lowest BCUT2D eigenvalue weighted by Gasteiger charge is -2.25. The number of benzene rings is 1. The minimum atomic E-state index is 0.781. The summed E-state index contributed by atoms with van der Waals surface area (Å²) in [7, 11) is 4.18. The molecule has 0 aliphatic rings. The van der Waals surface area contributed by atoms with Gasteiger partial charge in [0.05, 0.1) is 0 Å². The predicted molar refractivity (Wildman–Crippen MR) is 81.8 cm³/mol. The van der Waals surface area contributed by atoms with E-state index in [1.807, 2.05) is 24.4 Å². The Balaban J connectivity index is 2.07. The molecular weight excluding hydrogens is 258 g/mol. The van der Waals surface area contributed by atoms with E-state index >= 15 is 0 Å². The smallest absolute Gasteiger partial charge is 0.106 e. The summed E-state index contributed by atoms with van der Waals surface area (Å²) < 4.78 is 0. The van der Waals surface area contributed by atoms with Crippen molar-refractivity contribution in [1.29, 1.82) is 0 Å². The van der Waals surface area contributed by atoms with Crippen LogP contribution in [0.25, 0.3) is 0 Å². The topological polar surface area (TPSA) is 22.3 Å². The van der Waals surface area contributed by atoms with Crippen molar-refractivity contribution < 1.29 is 0 Å². The lowest BCUT2D eigenvalue weighted by atomic mass is 10.2. The molecule has 0 aliphatic heterocycles. The molecule has 1 aromatic heterocycles. The highest BCUT2D eigenvalue weighted by molar-refractivity contribution is 6.30. The molecule has 0 aliphatic carbocycles. The number of rotatable bonds is 6. The number of nitrogens with one attached hydrogen (secondary N) is 1. The number of hydrogen-bond donors (Lipinski definition) is 1. The van der Waals surface area contributed by atoms with Crippen LogP contribution in [0.15, 0.2) is 42.6 Å². The Morgan fingerprint density at radius 2 is 1.79 bits per heavy atom. The maximum Gasteiger partial charge on any atom is 0.106 e. The van der Waals surface area contributed by atoms with E-state index in [0.717, 1.165) is 30.5 Å². The number of likely N-dealkylation sites (N-methyl/N-ethyl adjacent to an activating group) is 1. The molecule has 1 aromatic carbocycles. The van der Waals surface area contributed by atoms with E-state index in [1.165, 1.54) is 5.56 Å². The second-order valence-corrected chi connectivity index (χ2v) is 5.34. The molecule has 0 unspecified atom stereocenters. The molecule has 19 heavy (non-hydrogen) atoms. The highest BCUT2D eigenvalue weighted by atomic mass is 35.5. The second kappa shape index (κ2) is 6.64. The number of aromatic nitrogens is 1. The fraction of sp³-hybridized carbons (Fsp3) is 0.333. The predicted octanol–water partition coefficient (Wildman–Crippen LogP) is 3.24.